The average Bonchev–Trinajstić information content (AvgIpc) is 2.34. The monoisotopic (exact) mass is 252 g/mol. The summed E-state index contributed by atoms with van der Waals surface area (Å²) in [7, 11) is 1.51. The van der Waals surface area contributed by atoms with Gasteiger partial charge in [0, 0.05) is 0 Å². The van der Waals surface area contributed by atoms with Crippen molar-refractivity contribution in [3.63, 3.8) is 0 Å². The predicted molar refractivity (Wildman–Crippen MR) is 71.8 cm³/mol. The molecule has 0 rings (SSSR count). The summed E-state index contributed by atoms with van der Waals surface area (Å²) in [4.78, 5) is 15.4. The van der Waals surface area contributed by atoms with Crippen molar-refractivity contribution in [1.29, 1.82) is 0 Å². The molecule has 0 aromatic carbocycles. The van der Waals surface area contributed by atoms with E-state index in [1.54, 1.807) is 26.0 Å². The summed E-state index contributed by atoms with van der Waals surface area (Å²) in [6.07, 6.45) is 3.20. The average molecular weight is 252 g/mol. The molecule has 0 radical (unpaired) electrons. The molecular formula is C13H20N2O3. The van der Waals surface area contributed by atoms with E-state index in [4.69, 9.17) is 15.2 Å². The Morgan fingerprint density at radius 2 is 2.06 bits per heavy atom. The van der Waals surface area contributed by atoms with Crippen LogP contribution in [0.3, 0.4) is 0 Å². The number of ether oxygens (including phenoxy) is 2. The summed E-state index contributed by atoms with van der Waals surface area (Å²) in [5.41, 5.74) is 6.09. The predicted octanol–water partition coefficient (Wildman–Crippen LogP) is 1.77. The number of allylic oxidation sites excluding steroid dienone is 2. The highest BCUT2D eigenvalue weighted by Gasteiger charge is 2.17. The Labute approximate surface area is 108 Å². The third-order valence-electron chi connectivity index (χ3n) is 2.08. The maximum absolute atomic E-state index is 11.4. The molecule has 0 fully saturated rings. The van der Waals surface area contributed by atoms with Crippen LogP contribution >= 0.6 is 0 Å². The zero-order valence-electron chi connectivity index (χ0n) is 11.1. The van der Waals surface area contributed by atoms with Gasteiger partial charge in [0.25, 0.3) is 0 Å². The summed E-state index contributed by atoms with van der Waals surface area (Å²) in [5, 5.41) is 0. The van der Waals surface area contributed by atoms with Crippen molar-refractivity contribution in [2.24, 2.45) is 16.6 Å². The van der Waals surface area contributed by atoms with E-state index in [0.717, 1.165) is 0 Å². The van der Waals surface area contributed by atoms with Crippen LogP contribution in [0.15, 0.2) is 41.8 Å². The van der Waals surface area contributed by atoms with Crippen LogP contribution < -0.4 is 5.73 Å². The third kappa shape index (κ3) is 5.89. The molecule has 0 saturated carbocycles. The maximum atomic E-state index is 11.4. The van der Waals surface area contributed by atoms with Gasteiger partial charge < -0.3 is 15.2 Å². The van der Waals surface area contributed by atoms with E-state index in [1.165, 1.54) is 7.11 Å². The molecule has 1 atom stereocenters. The fourth-order valence-corrected chi connectivity index (χ4v) is 0.945. The number of esters is 1. The largest absolute Gasteiger partial charge is 0.497 e. The van der Waals surface area contributed by atoms with Crippen LogP contribution in [0.1, 0.15) is 13.8 Å². The van der Waals surface area contributed by atoms with Gasteiger partial charge in [0.15, 0.2) is 0 Å². The van der Waals surface area contributed by atoms with Gasteiger partial charge in [-0.2, -0.15) is 0 Å². The lowest BCUT2D eigenvalue weighted by molar-refractivity contribution is -0.145. The quantitative estimate of drug-likeness (QED) is 0.246. The zero-order chi connectivity index (χ0) is 14.1. The number of amidine groups is 1. The van der Waals surface area contributed by atoms with E-state index in [-0.39, 0.29) is 5.84 Å². The van der Waals surface area contributed by atoms with Gasteiger partial charge in [0.1, 0.15) is 17.5 Å². The molecule has 5 nitrogen and oxygen atoms in total. The molecule has 0 amide bonds. The van der Waals surface area contributed by atoms with Gasteiger partial charge in [0.2, 0.25) is 0 Å². The SMILES string of the molecule is C=C(/C=C\C(=C)OC)N=C(N)C(C)C(=O)OCC. The fourth-order valence-electron chi connectivity index (χ4n) is 0.945. The first-order chi connectivity index (χ1) is 8.42. The van der Waals surface area contributed by atoms with Gasteiger partial charge in [-0.05, 0) is 26.0 Å². The van der Waals surface area contributed by atoms with Crippen LogP contribution in [0, 0.1) is 5.92 Å². The lowest BCUT2D eigenvalue weighted by Crippen LogP contribution is -2.29. The van der Waals surface area contributed by atoms with E-state index in [1.807, 2.05) is 0 Å². The molecule has 18 heavy (non-hydrogen) atoms. The van der Waals surface area contributed by atoms with E-state index >= 15 is 0 Å². The topological polar surface area (TPSA) is 73.9 Å². The van der Waals surface area contributed by atoms with Gasteiger partial charge in [-0.15, -0.1) is 0 Å². The van der Waals surface area contributed by atoms with E-state index in [0.29, 0.717) is 18.1 Å². The van der Waals surface area contributed by atoms with Crippen LogP contribution in [0.25, 0.3) is 0 Å². The minimum Gasteiger partial charge on any atom is -0.497 e. The van der Waals surface area contributed by atoms with Gasteiger partial charge in [-0.1, -0.05) is 13.2 Å². The van der Waals surface area contributed by atoms with E-state index in [2.05, 4.69) is 18.2 Å². The minimum atomic E-state index is -0.597. The first-order valence-electron chi connectivity index (χ1n) is 5.52. The summed E-state index contributed by atoms with van der Waals surface area (Å²) >= 11 is 0. The number of carbonyl (C=O) groups excluding carboxylic acids is 1. The molecule has 5 heteroatoms. The van der Waals surface area contributed by atoms with Crippen LogP contribution in [0.4, 0.5) is 0 Å². The minimum absolute atomic E-state index is 0.158. The standard InChI is InChI=1S/C13H20N2O3/c1-6-18-13(16)11(4)12(14)15-9(2)7-8-10(3)17-5/h7-8,11H,2-3,6H2,1,4-5H3,(H2,14,15)/b8-7-. The maximum Gasteiger partial charge on any atom is 0.316 e. The van der Waals surface area contributed by atoms with Crippen molar-refractivity contribution in [2.45, 2.75) is 13.8 Å². The van der Waals surface area contributed by atoms with Crippen LogP contribution in [0.2, 0.25) is 0 Å². The summed E-state index contributed by atoms with van der Waals surface area (Å²) < 4.78 is 9.69. The number of methoxy groups -OCH3 is 1. The zero-order valence-corrected chi connectivity index (χ0v) is 11.1. The lowest BCUT2D eigenvalue weighted by Gasteiger charge is -2.09. The number of carbonyl (C=O) groups is 1. The number of rotatable bonds is 7. The summed E-state index contributed by atoms with van der Waals surface area (Å²) in [6, 6.07) is 0. The number of hydrogen-bond donors (Lipinski definition) is 1. The molecule has 2 N–H and O–H groups in total. The summed E-state index contributed by atoms with van der Waals surface area (Å²) in [5.74, 6) is -0.368. The van der Waals surface area contributed by atoms with Crippen LogP contribution in [-0.4, -0.2) is 25.5 Å². The number of nitrogens with two attached hydrogens (primary N) is 1. The highest BCUT2D eigenvalue weighted by Crippen LogP contribution is 2.04. The van der Waals surface area contributed by atoms with Crippen molar-refractivity contribution in [2.75, 3.05) is 13.7 Å². The molecule has 100 valence electrons. The van der Waals surface area contributed by atoms with Crippen LogP contribution in [0.5, 0.6) is 0 Å². The molecule has 0 aromatic rings. The molecule has 0 spiro atoms. The van der Waals surface area contributed by atoms with Gasteiger partial charge in [-0.3, -0.25) is 4.79 Å². The summed E-state index contributed by atoms with van der Waals surface area (Å²) in [6.45, 7) is 11.0. The number of hydrogen-bond acceptors (Lipinski definition) is 4. The Morgan fingerprint density at radius 1 is 1.44 bits per heavy atom. The Balaban J connectivity index is 4.57. The highest BCUT2D eigenvalue weighted by molar-refractivity contribution is 6.00. The van der Waals surface area contributed by atoms with Crippen molar-refractivity contribution in [3.05, 3.63) is 36.8 Å². The Bertz CT molecular complexity index is 384. The second kappa shape index (κ2) is 8.11. The first-order valence-corrected chi connectivity index (χ1v) is 5.52. The van der Waals surface area contributed by atoms with E-state index < -0.39 is 11.9 Å². The first kappa shape index (κ1) is 16.0. The van der Waals surface area contributed by atoms with Crippen molar-refractivity contribution >= 4 is 11.8 Å². The van der Waals surface area contributed by atoms with Gasteiger partial charge in [-0.25, -0.2) is 4.99 Å². The highest BCUT2D eigenvalue weighted by atomic mass is 16.5. The number of nitrogens with zero attached hydrogens (tertiary/aromatic N) is 1. The second-order valence-corrected chi connectivity index (χ2v) is 3.51. The molecule has 1 unspecified atom stereocenters. The van der Waals surface area contributed by atoms with Gasteiger partial charge >= 0.3 is 5.97 Å². The molecule has 0 aliphatic rings. The fraction of sp³-hybridized carbons (Fsp3) is 0.385. The third-order valence-corrected chi connectivity index (χ3v) is 2.08. The second-order valence-electron chi connectivity index (χ2n) is 3.51. The molecule has 0 aromatic heterocycles. The van der Waals surface area contributed by atoms with E-state index in [9.17, 15) is 4.79 Å². The molecule has 0 heterocycles. The Kier molecular flexibility index (Phi) is 7.19. The number of aliphatic imine (C=N–C) groups is 1. The normalized spacial score (nSPS) is 13.2. The lowest BCUT2D eigenvalue weighted by atomic mass is 10.1. The van der Waals surface area contributed by atoms with Crippen LogP contribution in [-0.2, 0) is 14.3 Å². The smallest absolute Gasteiger partial charge is 0.316 e. The molecule has 0 aliphatic carbocycles. The van der Waals surface area contributed by atoms with Crippen molar-refractivity contribution in [1.82, 2.24) is 0 Å². The molecule has 0 bridgehead atoms. The van der Waals surface area contributed by atoms with Crippen molar-refractivity contribution < 1.29 is 14.3 Å². The molecule has 0 aliphatic heterocycles. The van der Waals surface area contributed by atoms with Gasteiger partial charge in [0.05, 0.1) is 19.4 Å². The molecule has 0 saturated heterocycles. The van der Waals surface area contributed by atoms with Crippen molar-refractivity contribution in [3.8, 4) is 0 Å². The molecular weight excluding hydrogens is 232 g/mol. The Morgan fingerprint density at radius 3 is 2.56 bits per heavy atom. The Hall–Kier alpha value is -2.04.